The Labute approximate surface area is 122 Å². The van der Waals surface area contributed by atoms with Crippen molar-refractivity contribution in [3.05, 3.63) is 29.3 Å². The van der Waals surface area contributed by atoms with Gasteiger partial charge >= 0.3 is 6.18 Å². The molecule has 120 valence electrons. The third kappa shape index (κ3) is 4.69. The summed E-state index contributed by atoms with van der Waals surface area (Å²) < 4.78 is 65.1. The van der Waals surface area contributed by atoms with E-state index in [4.69, 9.17) is 0 Å². The Morgan fingerprint density at radius 1 is 1.24 bits per heavy atom. The van der Waals surface area contributed by atoms with Gasteiger partial charge in [0.15, 0.2) is 0 Å². The molecule has 0 bridgehead atoms. The third-order valence-corrected chi connectivity index (χ3v) is 4.62. The van der Waals surface area contributed by atoms with E-state index in [1.807, 2.05) is 6.92 Å². The van der Waals surface area contributed by atoms with Gasteiger partial charge in [-0.05, 0) is 44.1 Å². The predicted molar refractivity (Wildman–Crippen MR) is 74.5 cm³/mol. The summed E-state index contributed by atoms with van der Waals surface area (Å²) in [5.41, 5.74) is -1.23. The van der Waals surface area contributed by atoms with Gasteiger partial charge in [-0.15, -0.1) is 0 Å². The first-order valence-corrected chi connectivity index (χ1v) is 7.89. The predicted octanol–water partition coefficient (Wildman–Crippen LogP) is 2.15. The molecule has 0 fully saturated rings. The van der Waals surface area contributed by atoms with Crippen LogP contribution >= 0.6 is 0 Å². The topological polar surface area (TPSA) is 58.2 Å². The van der Waals surface area contributed by atoms with Crippen LogP contribution in [0.25, 0.3) is 0 Å². The summed E-state index contributed by atoms with van der Waals surface area (Å²) in [6, 6.07) is 3.15. The van der Waals surface area contributed by atoms with Gasteiger partial charge in [0.1, 0.15) is 0 Å². The lowest BCUT2D eigenvalue weighted by Crippen LogP contribution is -2.32. The highest BCUT2D eigenvalue weighted by Crippen LogP contribution is 2.34. The van der Waals surface area contributed by atoms with E-state index < -0.39 is 21.8 Å². The Kier molecular flexibility index (Phi) is 5.77. The molecule has 1 unspecified atom stereocenters. The monoisotopic (exact) mass is 324 g/mol. The van der Waals surface area contributed by atoms with Crippen LogP contribution in [0.2, 0.25) is 0 Å². The van der Waals surface area contributed by atoms with Crippen molar-refractivity contribution >= 4 is 10.0 Å². The number of halogens is 3. The van der Waals surface area contributed by atoms with Crippen molar-refractivity contribution in [1.29, 1.82) is 0 Å². The van der Waals surface area contributed by atoms with Crippen molar-refractivity contribution in [2.45, 2.75) is 24.9 Å². The van der Waals surface area contributed by atoms with Gasteiger partial charge in [0.05, 0.1) is 10.5 Å². The van der Waals surface area contributed by atoms with Gasteiger partial charge in [0, 0.05) is 6.54 Å². The Balaban J connectivity index is 3.05. The van der Waals surface area contributed by atoms with Crippen molar-refractivity contribution in [3.8, 4) is 0 Å². The van der Waals surface area contributed by atoms with Crippen molar-refractivity contribution in [2.24, 2.45) is 5.92 Å². The molecule has 2 N–H and O–H groups in total. The quantitative estimate of drug-likeness (QED) is 0.843. The molecule has 0 aromatic heterocycles. The Morgan fingerprint density at radius 2 is 1.86 bits per heavy atom. The van der Waals surface area contributed by atoms with Gasteiger partial charge in [-0.25, -0.2) is 13.1 Å². The summed E-state index contributed by atoms with van der Waals surface area (Å²) in [7, 11) is -2.23. The van der Waals surface area contributed by atoms with E-state index in [9.17, 15) is 21.6 Å². The van der Waals surface area contributed by atoms with E-state index in [0.29, 0.717) is 6.54 Å². The Morgan fingerprint density at radius 3 is 2.38 bits per heavy atom. The summed E-state index contributed by atoms with van der Waals surface area (Å²) in [4.78, 5) is -0.339. The molecule has 0 aliphatic rings. The molecule has 0 radical (unpaired) electrons. The molecule has 1 rings (SSSR count). The van der Waals surface area contributed by atoms with Crippen LogP contribution in [0.5, 0.6) is 0 Å². The van der Waals surface area contributed by atoms with Crippen LogP contribution in [0.15, 0.2) is 23.1 Å². The number of hydrogen-bond donors (Lipinski definition) is 2. The molecule has 0 saturated heterocycles. The number of rotatable bonds is 6. The van der Waals surface area contributed by atoms with Crippen molar-refractivity contribution in [3.63, 3.8) is 0 Å². The molecule has 4 nitrogen and oxygen atoms in total. The zero-order chi connectivity index (χ0) is 16.3. The lowest BCUT2D eigenvalue weighted by Gasteiger charge is -2.16. The standard InChI is InChI=1S/C13H19F3N2O2S/c1-9(7-17-3)8-18-21(19,20)12-6-4-5-11(10(12)2)13(14,15)16/h4-6,9,17-18H,7-8H2,1-3H3. The molecule has 0 aliphatic carbocycles. The maximum Gasteiger partial charge on any atom is 0.416 e. The third-order valence-electron chi connectivity index (χ3n) is 3.05. The van der Waals surface area contributed by atoms with E-state index in [1.54, 1.807) is 7.05 Å². The van der Waals surface area contributed by atoms with Gasteiger partial charge < -0.3 is 5.32 Å². The van der Waals surface area contributed by atoms with Crippen molar-refractivity contribution in [2.75, 3.05) is 20.1 Å². The second-order valence-electron chi connectivity index (χ2n) is 4.94. The molecule has 0 aliphatic heterocycles. The summed E-state index contributed by atoms with van der Waals surface area (Å²) in [5.74, 6) is 0.0240. The molecule has 1 aromatic rings. The van der Waals surface area contributed by atoms with E-state index in [1.165, 1.54) is 6.07 Å². The molecule has 8 heteroatoms. The Bertz CT molecular complexity index is 586. The van der Waals surface area contributed by atoms with Crippen LogP contribution in [0.4, 0.5) is 13.2 Å². The summed E-state index contributed by atoms with van der Waals surface area (Å²) in [6.45, 7) is 3.75. The van der Waals surface area contributed by atoms with Crippen LogP contribution < -0.4 is 10.0 Å². The number of alkyl halides is 3. The normalized spacial score (nSPS) is 14.2. The largest absolute Gasteiger partial charge is 0.416 e. The summed E-state index contributed by atoms with van der Waals surface area (Å²) in [6.07, 6.45) is -4.57. The van der Waals surface area contributed by atoms with Crippen LogP contribution in [0, 0.1) is 12.8 Å². The van der Waals surface area contributed by atoms with E-state index in [2.05, 4.69) is 10.0 Å². The maximum absolute atomic E-state index is 12.8. The zero-order valence-electron chi connectivity index (χ0n) is 12.1. The molecular weight excluding hydrogens is 305 g/mol. The van der Waals surface area contributed by atoms with Crippen LogP contribution in [0.1, 0.15) is 18.1 Å². The van der Waals surface area contributed by atoms with Crippen LogP contribution in [-0.4, -0.2) is 28.6 Å². The van der Waals surface area contributed by atoms with Gasteiger partial charge in [-0.3, -0.25) is 0 Å². The second kappa shape index (κ2) is 6.76. The second-order valence-corrected chi connectivity index (χ2v) is 6.68. The van der Waals surface area contributed by atoms with E-state index >= 15 is 0 Å². The zero-order valence-corrected chi connectivity index (χ0v) is 12.9. The van der Waals surface area contributed by atoms with Gasteiger partial charge in [-0.2, -0.15) is 13.2 Å². The van der Waals surface area contributed by atoms with Crippen molar-refractivity contribution in [1.82, 2.24) is 10.0 Å². The average molecular weight is 324 g/mol. The minimum absolute atomic E-state index is 0.0240. The lowest BCUT2D eigenvalue weighted by atomic mass is 10.1. The fourth-order valence-electron chi connectivity index (χ4n) is 1.96. The average Bonchev–Trinajstić information content (AvgIpc) is 2.35. The highest BCUT2D eigenvalue weighted by Gasteiger charge is 2.34. The number of benzene rings is 1. The fraction of sp³-hybridized carbons (Fsp3) is 0.538. The molecule has 1 atom stereocenters. The van der Waals surface area contributed by atoms with Crippen molar-refractivity contribution < 1.29 is 21.6 Å². The molecule has 0 saturated carbocycles. The molecular formula is C13H19F3N2O2S. The van der Waals surface area contributed by atoms with E-state index in [0.717, 1.165) is 19.1 Å². The highest BCUT2D eigenvalue weighted by atomic mass is 32.2. The fourth-order valence-corrected chi connectivity index (χ4v) is 3.39. The first-order valence-electron chi connectivity index (χ1n) is 6.40. The van der Waals surface area contributed by atoms with Gasteiger partial charge in [0.25, 0.3) is 0 Å². The van der Waals surface area contributed by atoms with Gasteiger partial charge in [-0.1, -0.05) is 13.0 Å². The highest BCUT2D eigenvalue weighted by molar-refractivity contribution is 7.89. The lowest BCUT2D eigenvalue weighted by molar-refractivity contribution is -0.138. The number of nitrogens with one attached hydrogen (secondary N) is 2. The SMILES string of the molecule is CNCC(C)CNS(=O)(=O)c1cccc(C(F)(F)F)c1C. The number of hydrogen-bond acceptors (Lipinski definition) is 3. The van der Waals surface area contributed by atoms with Crippen LogP contribution in [-0.2, 0) is 16.2 Å². The molecule has 0 spiro atoms. The van der Waals surface area contributed by atoms with Crippen LogP contribution in [0.3, 0.4) is 0 Å². The smallest absolute Gasteiger partial charge is 0.319 e. The van der Waals surface area contributed by atoms with Gasteiger partial charge in [0.2, 0.25) is 10.0 Å². The number of sulfonamides is 1. The molecule has 0 heterocycles. The minimum atomic E-state index is -4.57. The van der Waals surface area contributed by atoms with E-state index in [-0.39, 0.29) is 22.9 Å². The Hall–Kier alpha value is -1.12. The molecule has 1 aromatic carbocycles. The first-order chi connectivity index (χ1) is 9.59. The first kappa shape index (κ1) is 17.9. The summed E-state index contributed by atoms with van der Waals surface area (Å²) in [5, 5.41) is 2.90. The molecule has 0 amide bonds. The summed E-state index contributed by atoms with van der Waals surface area (Å²) >= 11 is 0. The maximum atomic E-state index is 12.8. The molecule has 21 heavy (non-hydrogen) atoms. The minimum Gasteiger partial charge on any atom is -0.319 e.